The van der Waals surface area contributed by atoms with Gasteiger partial charge in [-0.05, 0) is 30.7 Å². The Morgan fingerprint density at radius 1 is 1.10 bits per heavy atom. The van der Waals surface area contributed by atoms with Crippen LogP contribution in [0.3, 0.4) is 0 Å². The summed E-state index contributed by atoms with van der Waals surface area (Å²) < 4.78 is 0. The Balaban J connectivity index is 1.77. The van der Waals surface area contributed by atoms with Gasteiger partial charge in [0.2, 0.25) is 0 Å². The van der Waals surface area contributed by atoms with Crippen molar-refractivity contribution >= 4 is 22.4 Å². The minimum Gasteiger partial charge on any atom is -0.312 e. The van der Waals surface area contributed by atoms with Crippen molar-refractivity contribution in [1.82, 2.24) is 20.3 Å². The van der Waals surface area contributed by atoms with Gasteiger partial charge in [-0.15, -0.1) is 11.3 Å². The van der Waals surface area contributed by atoms with Crippen LogP contribution in [0, 0.1) is 5.92 Å². The van der Waals surface area contributed by atoms with Gasteiger partial charge in [-0.2, -0.15) is 0 Å². The van der Waals surface area contributed by atoms with Crippen molar-refractivity contribution in [3.05, 3.63) is 41.7 Å². The molecule has 0 radical (unpaired) electrons. The second kappa shape index (κ2) is 6.28. The molecule has 5 heteroatoms. The quantitative estimate of drug-likeness (QED) is 0.783. The molecule has 0 fully saturated rings. The van der Waals surface area contributed by atoms with Crippen molar-refractivity contribution in [3.8, 4) is 10.6 Å². The molecule has 0 spiro atoms. The zero-order valence-corrected chi connectivity index (χ0v) is 13.0. The summed E-state index contributed by atoms with van der Waals surface area (Å²) in [6.07, 6.45) is 5.38. The summed E-state index contributed by atoms with van der Waals surface area (Å²) in [5.41, 5.74) is 2.92. The first kappa shape index (κ1) is 14.1. The van der Waals surface area contributed by atoms with Crippen LogP contribution in [0.1, 0.15) is 18.7 Å². The van der Waals surface area contributed by atoms with Crippen LogP contribution in [0.2, 0.25) is 0 Å². The average Bonchev–Trinajstić information content (AvgIpc) is 2.95. The average molecular weight is 298 g/mol. The number of hydrogen-bond donors (Lipinski definition) is 1. The minimum absolute atomic E-state index is 0.663. The van der Waals surface area contributed by atoms with E-state index in [-0.39, 0.29) is 0 Å². The number of benzene rings is 1. The third-order valence-corrected chi connectivity index (χ3v) is 4.17. The Hall–Kier alpha value is -1.85. The van der Waals surface area contributed by atoms with Gasteiger partial charge in [0.25, 0.3) is 0 Å². The van der Waals surface area contributed by atoms with Gasteiger partial charge < -0.3 is 5.32 Å². The summed E-state index contributed by atoms with van der Waals surface area (Å²) in [7, 11) is 0. The third kappa shape index (κ3) is 3.43. The van der Waals surface area contributed by atoms with Crippen molar-refractivity contribution in [2.75, 3.05) is 6.54 Å². The predicted molar refractivity (Wildman–Crippen MR) is 87.2 cm³/mol. The van der Waals surface area contributed by atoms with E-state index in [9.17, 15) is 0 Å². The third-order valence-electron chi connectivity index (χ3n) is 3.12. The van der Waals surface area contributed by atoms with Gasteiger partial charge in [-0.25, -0.2) is 4.98 Å². The molecule has 0 aliphatic heterocycles. The van der Waals surface area contributed by atoms with Gasteiger partial charge in [0.15, 0.2) is 0 Å². The molecule has 3 aromatic rings. The molecule has 0 aliphatic carbocycles. The lowest BCUT2D eigenvalue weighted by molar-refractivity contribution is 0.554. The Labute approximate surface area is 128 Å². The molecule has 1 aromatic carbocycles. The zero-order valence-electron chi connectivity index (χ0n) is 12.2. The Bertz CT molecular complexity index is 736. The SMILES string of the molecule is CC(C)CNCc1cnc(-c2ccc3nccnc3c2)s1. The van der Waals surface area contributed by atoms with Crippen molar-refractivity contribution < 1.29 is 0 Å². The highest BCUT2D eigenvalue weighted by Gasteiger charge is 2.06. The molecule has 0 aliphatic rings. The summed E-state index contributed by atoms with van der Waals surface area (Å²) in [5.74, 6) is 0.663. The van der Waals surface area contributed by atoms with Gasteiger partial charge in [0, 0.05) is 35.6 Å². The van der Waals surface area contributed by atoms with Crippen LogP contribution < -0.4 is 5.32 Å². The van der Waals surface area contributed by atoms with Gasteiger partial charge in [-0.3, -0.25) is 9.97 Å². The van der Waals surface area contributed by atoms with Gasteiger partial charge in [-0.1, -0.05) is 13.8 Å². The first-order chi connectivity index (χ1) is 10.2. The van der Waals surface area contributed by atoms with Crippen LogP contribution in [0.5, 0.6) is 0 Å². The molecule has 2 heterocycles. The summed E-state index contributed by atoms with van der Waals surface area (Å²) in [6.45, 7) is 6.32. The van der Waals surface area contributed by atoms with E-state index in [0.717, 1.165) is 34.7 Å². The summed E-state index contributed by atoms with van der Waals surface area (Å²) >= 11 is 1.72. The van der Waals surface area contributed by atoms with Crippen LogP contribution in [0.4, 0.5) is 0 Å². The van der Waals surface area contributed by atoms with E-state index in [1.165, 1.54) is 4.88 Å². The molecule has 21 heavy (non-hydrogen) atoms. The minimum atomic E-state index is 0.663. The normalized spacial score (nSPS) is 11.4. The lowest BCUT2D eigenvalue weighted by atomic mass is 10.2. The van der Waals surface area contributed by atoms with Crippen molar-refractivity contribution in [2.24, 2.45) is 5.92 Å². The smallest absolute Gasteiger partial charge is 0.123 e. The lowest BCUT2D eigenvalue weighted by Gasteiger charge is -2.04. The van der Waals surface area contributed by atoms with Crippen LogP contribution in [-0.2, 0) is 6.54 Å². The first-order valence-electron chi connectivity index (χ1n) is 7.09. The fourth-order valence-electron chi connectivity index (χ4n) is 2.10. The van der Waals surface area contributed by atoms with E-state index < -0.39 is 0 Å². The molecule has 0 unspecified atom stereocenters. The predicted octanol–water partition coefficient (Wildman–Crippen LogP) is 3.50. The molecule has 0 atom stereocenters. The fourth-order valence-corrected chi connectivity index (χ4v) is 2.98. The summed E-state index contributed by atoms with van der Waals surface area (Å²) in [5, 5.41) is 4.47. The summed E-state index contributed by atoms with van der Waals surface area (Å²) in [6, 6.07) is 6.10. The largest absolute Gasteiger partial charge is 0.312 e. The maximum Gasteiger partial charge on any atom is 0.123 e. The first-order valence-corrected chi connectivity index (χ1v) is 7.90. The highest BCUT2D eigenvalue weighted by Crippen LogP contribution is 2.27. The van der Waals surface area contributed by atoms with Crippen LogP contribution in [0.25, 0.3) is 21.6 Å². The monoisotopic (exact) mass is 298 g/mol. The Morgan fingerprint density at radius 2 is 1.90 bits per heavy atom. The molecule has 0 bridgehead atoms. The molecular formula is C16H18N4S. The highest BCUT2D eigenvalue weighted by atomic mass is 32.1. The molecule has 108 valence electrons. The van der Waals surface area contributed by atoms with Crippen molar-refractivity contribution in [3.63, 3.8) is 0 Å². The van der Waals surface area contributed by atoms with Crippen LogP contribution in [-0.4, -0.2) is 21.5 Å². The Kier molecular flexibility index (Phi) is 4.22. The standard InChI is InChI=1S/C16H18N4S/c1-11(2)8-17-9-13-10-20-16(21-13)12-3-4-14-15(7-12)19-6-5-18-14/h3-7,10-11,17H,8-9H2,1-2H3. The Morgan fingerprint density at radius 3 is 2.71 bits per heavy atom. The number of hydrogen-bond acceptors (Lipinski definition) is 5. The number of aromatic nitrogens is 3. The van der Waals surface area contributed by atoms with E-state index in [2.05, 4.69) is 40.2 Å². The van der Waals surface area contributed by atoms with Crippen LogP contribution in [0.15, 0.2) is 36.8 Å². The van der Waals surface area contributed by atoms with E-state index in [4.69, 9.17) is 0 Å². The molecule has 0 saturated heterocycles. The number of fused-ring (bicyclic) bond motifs is 1. The second-order valence-electron chi connectivity index (χ2n) is 5.42. The topological polar surface area (TPSA) is 50.7 Å². The molecule has 1 N–H and O–H groups in total. The lowest BCUT2D eigenvalue weighted by Crippen LogP contribution is -2.18. The summed E-state index contributed by atoms with van der Waals surface area (Å²) in [4.78, 5) is 14.4. The maximum absolute atomic E-state index is 4.52. The second-order valence-corrected chi connectivity index (χ2v) is 6.53. The van der Waals surface area contributed by atoms with E-state index >= 15 is 0 Å². The number of rotatable bonds is 5. The number of nitrogens with zero attached hydrogens (tertiary/aromatic N) is 3. The van der Waals surface area contributed by atoms with Crippen molar-refractivity contribution in [2.45, 2.75) is 20.4 Å². The molecule has 4 nitrogen and oxygen atoms in total. The van der Waals surface area contributed by atoms with Crippen LogP contribution >= 0.6 is 11.3 Å². The molecule has 0 saturated carbocycles. The zero-order chi connectivity index (χ0) is 14.7. The number of thiazole rings is 1. The fraction of sp³-hybridized carbons (Fsp3) is 0.312. The number of nitrogens with one attached hydrogen (secondary N) is 1. The molecule has 3 rings (SSSR count). The van der Waals surface area contributed by atoms with Gasteiger partial charge in [0.1, 0.15) is 5.01 Å². The van der Waals surface area contributed by atoms with Gasteiger partial charge in [0.05, 0.1) is 11.0 Å². The van der Waals surface area contributed by atoms with E-state index in [0.29, 0.717) is 5.92 Å². The highest BCUT2D eigenvalue weighted by molar-refractivity contribution is 7.15. The van der Waals surface area contributed by atoms with E-state index in [1.54, 1.807) is 23.7 Å². The van der Waals surface area contributed by atoms with Crippen molar-refractivity contribution in [1.29, 1.82) is 0 Å². The molecular weight excluding hydrogens is 280 g/mol. The molecule has 0 amide bonds. The van der Waals surface area contributed by atoms with Gasteiger partial charge >= 0.3 is 0 Å². The van der Waals surface area contributed by atoms with E-state index in [1.807, 2.05) is 18.3 Å². The molecule has 2 aromatic heterocycles. The maximum atomic E-state index is 4.52.